The molecule has 1 aromatic rings. The van der Waals surface area contributed by atoms with Gasteiger partial charge in [0.25, 0.3) is 0 Å². The maximum absolute atomic E-state index is 9.37. The summed E-state index contributed by atoms with van der Waals surface area (Å²) in [7, 11) is 0. The average Bonchev–Trinajstić information content (AvgIpc) is 2.12. The van der Waals surface area contributed by atoms with Gasteiger partial charge in [-0.3, -0.25) is 0 Å². The van der Waals surface area contributed by atoms with Crippen LogP contribution in [-0.4, -0.2) is 5.11 Å². The number of rotatable bonds is 3. The number of benzene rings is 1. The van der Waals surface area contributed by atoms with E-state index in [1.54, 1.807) is 6.07 Å². The van der Waals surface area contributed by atoms with Gasteiger partial charge >= 0.3 is 0 Å². The number of allylic oxidation sites excluding steroid dienone is 2. The summed E-state index contributed by atoms with van der Waals surface area (Å²) >= 11 is 0. The van der Waals surface area contributed by atoms with Crippen LogP contribution in [0, 0.1) is 12.8 Å². The van der Waals surface area contributed by atoms with Gasteiger partial charge in [-0.2, -0.15) is 0 Å². The third kappa shape index (κ3) is 2.91. The molecule has 1 N–H and O–H groups in total. The summed E-state index contributed by atoms with van der Waals surface area (Å²) in [4.78, 5) is 0. The Balaban J connectivity index is 2.73. The van der Waals surface area contributed by atoms with E-state index in [-0.39, 0.29) is 0 Å². The Morgan fingerprint density at radius 2 is 2.14 bits per heavy atom. The van der Waals surface area contributed by atoms with Crippen molar-refractivity contribution in [2.45, 2.75) is 27.2 Å². The molecule has 1 unspecified atom stereocenters. The van der Waals surface area contributed by atoms with Gasteiger partial charge in [0.2, 0.25) is 0 Å². The van der Waals surface area contributed by atoms with Gasteiger partial charge in [-0.15, -0.1) is 0 Å². The first-order valence-electron chi connectivity index (χ1n) is 5.04. The van der Waals surface area contributed by atoms with Crippen molar-refractivity contribution < 1.29 is 5.11 Å². The standard InChI is InChI=1S/C13H18O/c1-4-5-10(2)8-12-6-7-13(14)11(3)9-12/h4-7,9-10,14H,8H2,1-3H3/b5-4-. The molecule has 1 heteroatoms. The fraction of sp³-hybridized carbons (Fsp3) is 0.385. The van der Waals surface area contributed by atoms with Gasteiger partial charge < -0.3 is 5.11 Å². The number of aryl methyl sites for hydroxylation is 1. The second kappa shape index (κ2) is 4.85. The highest BCUT2D eigenvalue weighted by atomic mass is 16.3. The maximum atomic E-state index is 9.37. The highest BCUT2D eigenvalue weighted by Gasteiger charge is 2.01. The summed E-state index contributed by atoms with van der Waals surface area (Å²) < 4.78 is 0. The minimum absolute atomic E-state index is 0.382. The van der Waals surface area contributed by atoms with Crippen molar-refractivity contribution in [3.8, 4) is 5.75 Å². The highest BCUT2D eigenvalue weighted by Crippen LogP contribution is 2.19. The molecule has 1 atom stereocenters. The van der Waals surface area contributed by atoms with E-state index >= 15 is 0 Å². The van der Waals surface area contributed by atoms with Crippen LogP contribution in [0.1, 0.15) is 25.0 Å². The lowest BCUT2D eigenvalue weighted by atomic mass is 9.99. The molecule has 1 nitrogen and oxygen atoms in total. The normalized spacial score (nSPS) is 13.4. The molecule has 1 aromatic carbocycles. The van der Waals surface area contributed by atoms with Crippen LogP contribution in [0.3, 0.4) is 0 Å². The van der Waals surface area contributed by atoms with E-state index in [2.05, 4.69) is 25.1 Å². The van der Waals surface area contributed by atoms with E-state index in [0.717, 1.165) is 12.0 Å². The Kier molecular flexibility index (Phi) is 3.75. The van der Waals surface area contributed by atoms with Gasteiger partial charge in [-0.1, -0.05) is 31.2 Å². The van der Waals surface area contributed by atoms with Crippen LogP contribution < -0.4 is 0 Å². The smallest absolute Gasteiger partial charge is 0.118 e. The van der Waals surface area contributed by atoms with E-state index in [4.69, 9.17) is 0 Å². The topological polar surface area (TPSA) is 20.2 Å². The molecule has 0 aliphatic carbocycles. The van der Waals surface area contributed by atoms with Crippen LogP contribution >= 0.6 is 0 Å². The molecule has 0 aliphatic heterocycles. The number of hydrogen-bond donors (Lipinski definition) is 1. The summed E-state index contributed by atoms with van der Waals surface area (Å²) in [6, 6.07) is 5.81. The summed E-state index contributed by atoms with van der Waals surface area (Å²) in [5.41, 5.74) is 2.24. The van der Waals surface area contributed by atoms with Crippen LogP contribution in [0.4, 0.5) is 0 Å². The molecule has 0 aromatic heterocycles. The molecule has 14 heavy (non-hydrogen) atoms. The van der Waals surface area contributed by atoms with Gasteiger partial charge in [0, 0.05) is 0 Å². The fourth-order valence-electron chi connectivity index (χ4n) is 1.61. The Morgan fingerprint density at radius 3 is 2.71 bits per heavy atom. The van der Waals surface area contributed by atoms with Crippen molar-refractivity contribution in [1.82, 2.24) is 0 Å². The predicted octanol–water partition coefficient (Wildman–Crippen LogP) is 3.46. The summed E-state index contributed by atoms with van der Waals surface area (Å²) in [5, 5.41) is 9.37. The number of phenols is 1. The van der Waals surface area contributed by atoms with Gasteiger partial charge in [0.05, 0.1) is 0 Å². The Hall–Kier alpha value is -1.24. The first-order chi connectivity index (χ1) is 6.63. The molecule has 1 rings (SSSR count). The molecule has 0 spiro atoms. The third-order valence-electron chi connectivity index (χ3n) is 2.34. The lowest BCUT2D eigenvalue weighted by molar-refractivity contribution is 0.470. The number of aromatic hydroxyl groups is 1. The highest BCUT2D eigenvalue weighted by molar-refractivity contribution is 5.35. The van der Waals surface area contributed by atoms with E-state index < -0.39 is 0 Å². The first kappa shape index (κ1) is 10.8. The molecular formula is C13H18O. The van der Waals surface area contributed by atoms with E-state index in [0.29, 0.717) is 11.7 Å². The first-order valence-corrected chi connectivity index (χ1v) is 5.04. The number of hydrogen-bond acceptors (Lipinski definition) is 1. The fourth-order valence-corrected chi connectivity index (χ4v) is 1.61. The predicted molar refractivity (Wildman–Crippen MR) is 60.5 cm³/mol. The zero-order chi connectivity index (χ0) is 10.6. The van der Waals surface area contributed by atoms with E-state index in [1.807, 2.05) is 19.9 Å². The maximum Gasteiger partial charge on any atom is 0.118 e. The molecule has 0 fully saturated rings. The van der Waals surface area contributed by atoms with Crippen LogP contribution in [0.5, 0.6) is 5.75 Å². The zero-order valence-electron chi connectivity index (χ0n) is 9.12. The molecular weight excluding hydrogens is 172 g/mol. The van der Waals surface area contributed by atoms with Crippen molar-refractivity contribution in [1.29, 1.82) is 0 Å². The van der Waals surface area contributed by atoms with Gasteiger partial charge in [-0.25, -0.2) is 0 Å². The third-order valence-corrected chi connectivity index (χ3v) is 2.34. The van der Waals surface area contributed by atoms with Gasteiger partial charge in [0.1, 0.15) is 5.75 Å². The van der Waals surface area contributed by atoms with Gasteiger partial charge in [-0.05, 0) is 43.4 Å². The lowest BCUT2D eigenvalue weighted by Gasteiger charge is -2.07. The molecule has 0 saturated carbocycles. The van der Waals surface area contributed by atoms with Crippen LogP contribution in [0.25, 0.3) is 0 Å². The van der Waals surface area contributed by atoms with Crippen LogP contribution in [-0.2, 0) is 6.42 Å². The largest absolute Gasteiger partial charge is 0.508 e. The summed E-state index contributed by atoms with van der Waals surface area (Å²) in [6.07, 6.45) is 5.31. The molecule has 0 radical (unpaired) electrons. The quantitative estimate of drug-likeness (QED) is 0.724. The van der Waals surface area contributed by atoms with Gasteiger partial charge in [0.15, 0.2) is 0 Å². The monoisotopic (exact) mass is 190 g/mol. The SMILES string of the molecule is C/C=C\C(C)Cc1ccc(O)c(C)c1. The van der Waals surface area contributed by atoms with Crippen molar-refractivity contribution >= 4 is 0 Å². The minimum atomic E-state index is 0.382. The Morgan fingerprint density at radius 1 is 1.43 bits per heavy atom. The summed E-state index contributed by atoms with van der Waals surface area (Å²) in [6.45, 7) is 6.17. The molecule has 76 valence electrons. The molecule has 0 aliphatic rings. The molecule has 0 amide bonds. The number of phenolic OH excluding ortho intramolecular Hbond substituents is 1. The summed E-state index contributed by atoms with van der Waals surface area (Å²) in [5.74, 6) is 0.941. The van der Waals surface area contributed by atoms with Crippen molar-refractivity contribution in [3.05, 3.63) is 41.5 Å². The van der Waals surface area contributed by atoms with Crippen molar-refractivity contribution in [2.24, 2.45) is 5.92 Å². The minimum Gasteiger partial charge on any atom is -0.508 e. The van der Waals surface area contributed by atoms with E-state index in [9.17, 15) is 5.11 Å². The Labute approximate surface area is 86.1 Å². The zero-order valence-corrected chi connectivity index (χ0v) is 9.12. The van der Waals surface area contributed by atoms with E-state index in [1.165, 1.54) is 5.56 Å². The molecule has 0 heterocycles. The molecule has 0 bridgehead atoms. The van der Waals surface area contributed by atoms with Crippen molar-refractivity contribution in [2.75, 3.05) is 0 Å². The van der Waals surface area contributed by atoms with Crippen molar-refractivity contribution in [3.63, 3.8) is 0 Å². The lowest BCUT2D eigenvalue weighted by Crippen LogP contribution is -1.95. The van der Waals surface area contributed by atoms with Crippen LogP contribution in [0.2, 0.25) is 0 Å². The second-order valence-electron chi connectivity index (χ2n) is 3.83. The second-order valence-corrected chi connectivity index (χ2v) is 3.83. The Bertz CT molecular complexity index is 326. The average molecular weight is 190 g/mol. The molecule has 0 saturated heterocycles. The van der Waals surface area contributed by atoms with Crippen LogP contribution in [0.15, 0.2) is 30.4 Å².